The summed E-state index contributed by atoms with van der Waals surface area (Å²) >= 11 is 8.98. The summed E-state index contributed by atoms with van der Waals surface area (Å²) < 4.78 is 28.6. The molecule has 106 valence electrons. The van der Waals surface area contributed by atoms with Crippen LogP contribution in [0, 0.1) is 11.6 Å². The predicted molar refractivity (Wildman–Crippen MR) is 81.0 cm³/mol. The summed E-state index contributed by atoms with van der Waals surface area (Å²) in [5, 5.41) is 3.09. The Labute approximate surface area is 130 Å². The molecule has 0 bridgehead atoms. The van der Waals surface area contributed by atoms with Gasteiger partial charge in [-0.15, -0.1) is 0 Å². The number of rotatable bonds is 4. The summed E-state index contributed by atoms with van der Waals surface area (Å²) in [5.41, 5.74) is 0.953. The Balaban J connectivity index is 2.31. The van der Waals surface area contributed by atoms with E-state index in [2.05, 4.69) is 21.2 Å². The SMILES string of the molecule is CNC(Cc1cccc(Cl)c1F)c1ccc(Br)cc1F. The minimum Gasteiger partial charge on any atom is -0.313 e. The maximum absolute atomic E-state index is 14.0. The van der Waals surface area contributed by atoms with E-state index in [1.807, 2.05) is 0 Å². The van der Waals surface area contributed by atoms with Crippen LogP contribution in [0.25, 0.3) is 0 Å². The first-order valence-electron chi connectivity index (χ1n) is 6.08. The van der Waals surface area contributed by atoms with Crippen LogP contribution in [-0.4, -0.2) is 7.05 Å². The van der Waals surface area contributed by atoms with Gasteiger partial charge in [0, 0.05) is 16.1 Å². The Bertz CT molecular complexity index is 619. The van der Waals surface area contributed by atoms with Gasteiger partial charge >= 0.3 is 0 Å². The van der Waals surface area contributed by atoms with Gasteiger partial charge in [-0.1, -0.05) is 45.7 Å². The van der Waals surface area contributed by atoms with Gasteiger partial charge < -0.3 is 5.32 Å². The number of halogens is 4. The normalized spacial score (nSPS) is 12.4. The van der Waals surface area contributed by atoms with Crippen molar-refractivity contribution in [2.75, 3.05) is 7.05 Å². The summed E-state index contributed by atoms with van der Waals surface area (Å²) in [5.74, 6) is -0.784. The Morgan fingerprint density at radius 1 is 1.25 bits per heavy atom. The van der Waals surface area contributed by atoms with Crippen molar-refractivity contribution in [3.8, 4) is 0 Å². The van der Waals surface area contributed by atoms with Crippen LogP contribution >= 0.6 is 27.5 Å². The number of hydrogen-bond acceptors (Lipinski definition) is 1. The molecule has 0 aliphatic rings. The maximum Gasteiger partial charge on any atom is 0.145 e. The van der Waals surface area contributed by atoms with Gasteiger partial charge in [0.15, 0.2) is 0 Å². The van der Waals surface area contributed by atoms with Gasteiger partial charge in [-0.3, -0.25) is 0 Å². The minimum absolute atomic E-state index is 0.0774. The maximum atomic E-state index is 14.0. The Morgan fingerprint density at radius 2 is 2.00 bits per heavy atom. The largest absolute Gasteiger partial charge is 0.313 e. The van der Waals surface area contributed by atoms with Crippen molar-refractivity contribution in [3.05, 3.63) is 68.7 Å². The second-order valence-corrected chi connectivity index (χ2v) is 5.75. The van der Waals surface area contributed by atoms with Gasteiger partial charge in [-0.2, -0.15) is 0 Å². The molecular weight excluding hydrogens is 348 g/mol. The third-order valence-corrected chi connectivity index (χ3v) is 3.93. The van der Waals surface area contributed by atoms with E-state index >= 15 is 0 Å². The molecule has 2 rings (SSSR count). The lowest BCUT2D eigenvalue weighted by Crippen LogP contribution is -2.20. The fourth-order valence-electron chi connectivity index (χ4n) is 2.08. The number of hydrogen-bond donors (Lipinski definition) is 1. The van der Waals surface area contributed by atoms with Crippen LogP contribution in [0.3, 0.4) is 0 Å². The second kappa shape index (κ2) is 6.66. The van der Waals surface area contributed by atoms with E-state index in [1.165, 1.54) is 12.1 Å². The molecule has 0 heterocycles. The first-order valence-corrected chi connectivity index (χ1v) is 7.25. The fraction of sp³-hybridized carbons (Fsp3) is 0.200. The van der Waals surface area contributed by atoms with Crippen molar-refractivity contribution in [3.63, 3.8) is 0 Å². The first-order chi connectivity index (χ1) is 9.52. The number of likely N-dealkylation sites (N-methyl/N-ethyl adjacent to an activating group) is 1. The molecule has 20 heavy (non-hydrogen) atoms. The van der Waals surface area contributed by atoms with Gasteiger partial charge in [0.1, 0.15) is 11.6 Å². The zero-order chi connectivity index (χ0) is 14.7. The third kappa shape index (κ3) is 3.37. The number of benzene rings is 2. The molecule has 2 aromatic rings. The van der Waals surface area contributed by atoms with E-state index in [0.717, 1.165) is 0 Å². The monoisotopic (exact) mass is 359 g/mol. The smallest absolute Gasteiger partial charge is 0.145 e. The van der Waals surface area contributed by atoms with Crippen molar-refractivity contribution in [2.24, 2.45) is 0 Å². The Kier molecular flexibility index (Phi) is 5.13. The lowest BCUT2D eigenvalue weighted by atomic mass is 9.98. The predicted octanol–water partition coefficient (Wildman–Crippen LogP) is 4.88. The quantitative estimate of drug-likeness (QED) is 0.819. The van der Waals surface area contributed by atoms with E-state index in [-0.39, 0.29) is 16.9 Å². The van der Waals surface area contributed by atoms with Crippen LogP contribution in [-0.2, 0) is 6.42 Å². The molecule has 0 aromatic heterocycles. The van der Waals surface area contributed by atoms with Gasteiger partial charge in [0.2, 0.25) is 0 Å². The third-order valence-electron chi connectivity index (χ3n) is 3.14. The average Bonchev–Trinajstić information content (AvgIpc) is 2.41. The van der Waals surface area contributed by atoms with Crippen LogP contribution in [0.2, 0.25) is 5.02 Å². The van der Waals surface area contributed by atoms with Crippen LogP contribution in [0.5, 0.6) is 0 Å². The van der Waals surface area contributed by atoms with Crippen molar-refractivity contribution in [2.45, 2.75) is 12.5 Å². The second-order valence-electron chi connectivity index (χ2n) is 4.42. The van der Waals surface area contributed by atoms with E-state index in [0.29, 0.717) is 22.0 Å². The molecule has 0 radical (unpaired) electrons. The van der Waals surface area contributed by atoms with Crippen molar-refractivity contribution >= 4 is 27.5 Å². The Hall–Kier alpha value is -0.970. The van der Waals surface area contributed by atoms with Gasteiger partial charge in [0.25, 0.3) is 0 Å². The van der Waals surface area contributed by atoms with E-state index in [9.17, 15) is 8.78 Å². The molecule has 0 saturated heterocycles. The highest BCUT2D eigenvalue weighted by molar-refractivity contribution is 9.10. The highest BCUT2D eigenvalue weighted by atomic mass is 79.9. The van der Waals surface area contributed by atoms with Crippen LogP contribution in [0.1, 0.15) is 17.2 Å². The van der Waals surface area contributed by atoms with Gasteiger partial charge in [-0.25, -0.2) is 8.78 Å². The molecule has 0 saturated carbocycles. The number of nitrogens with one attached hydrogen (secondary N) is 1. The molecule has 5 heteroatoms. The molecule has 1 nitrogen and oxygen atoms in total. The molecule has 0 aliphatic carbocycles. The van der Waals surface area contributed by atoms with Crippen molar-refractivity contribution < 1.29 is 8.78 Å². The Morgan fingerprint density at radius 3 is 2.65 bits per heavy atom. The van der Waals surface area contributed by atoms with E-state index < -0.39 is 5.82 Å². The summed E-state index contributed by atoms with van der Waals surface area (Å²) in [4.78, 5) is 0. The molecule has 1 unspecified atom stereocenters. The highest BCUT2D eigenvalue weighted by Crippen LogP contribution is 2.26. The molecule has 0 amide bonds. The molecule has 2 aromatic carbocycles. The van der Waals surface area contributed by atoms with Crippen molar-refractivity contribution in [1.29, 1.82) is 0 Å². The molecule has 0 spiro atoms. The average molecular weight is 361 g/mol. The first kappa shape index (κ1) is 15.4. The van der Waals surface area contributed by atoms with E-state index in [4.69, 9.17) is 11.6 Å². The summed E-state index contributed by atoms with van der Waals surface area (Å²) in [6, 6.07) is 9.35. The summed E-state index contributed by atoms with van der Waals surface area (Å²) in [7, 11) is 1.72. The molecular formula is C15H13BrClF2N. The lowest BCUT2D eigenvalue weighted by Gasteiger charge is -2.18. The minimum atomic E-state index is -0.452. The molecule has 0 fully saturated rings. The fourth-order valence-corrected chi connectivity index (χ4v) is 2.60. The van der Waals surface area contributed by atoms with Crippen LogP contribution in [0.15, 0.2) is 40.9 Å². The summed E-state index contributed by atoms with van der Waals surface area (Å²) in [6.07, 6.45) is 0.321. The molecule has 1 atom stereocenters. The molecule has 1 N–H and O–H groups in total. The highest BCUT2D eigenvalue weighted by Gasteiger charge is 2.17. The topological polar surface area (TPSA) is 12.0 Å². The lowest BCUT2D eigenvalue weighted by molar-refractivity contribution is 0.519. The standard InChI is InChI=1S/C15H13BrClF2N/c1-20-14(11-6-5-10(16)8-13(11)18)7-9-3-2-4-12(17)15(9)19/h2-6,8,14,20H,7H2,1H3. The zero-order valence-electron chi connectivity index (χ0n) is 10.8. The zero-order valence-corrected chi connectivity index (χ0v) is 13.1. The van der Waals surface area contributed by atoms with Crippen LogP contribution < -0.4 is 5.32 Å². The molecule has 0 aliphatic heterocycles. The van der Waals surface area contributed by atoms with Gasteiger partial charge in [-0.05, 0) is 37.2 Å². The summed E-state index contributed by atoms with van der Waals surface area (Å²) in [6.45, 7) is 0. The van der Waals surface area contributed by atoms with Gasteiger partial charge in [0.05, 0.1) is 5.02 Å². The van der Waals surface area contributed by atoms with Crippen LogP contribution in [0.4, 0.5) is 8.78 Å². The van der Waals surface area contributed by atoms with Crippen molar-refractivity contribution in [1.82, 2.24) is 5.32 Å². The van der Waals surface area contributed by atoms with E-state index in [1.54, 1.807) is 31.3 Å².